The normalized spacial score (nSPS) is 17.9. The minimum absolute atomic E-state index is 0.148. The number of halogens is 1. The van der Waals surface area contributed by atoms with Crippen molar-refractivity contribution in [1.82, 2.24) is 9.97 Å². The fourth-order valence-corrected chi connectivity index (χ4v) is 4.50. The highest BCUT2D eigenvalue weighted by atomic mass is 79.9. The number of hydrogen-bond acceptors (Lipinski definition) is 4. The summed E-state index contributed by atoms with van der Waals surface area (Å²) < 4.78 is 1.06. The van der Waals surface area contributed by atoms with Crippen LogP contribution in [0.5, 0.6) is 0 Å². The van der Waals surface area contributed by atoms with Crippen LogP contribution in [0.4, 0.5) is 0 Å². The first-order chi connectivity index (χ1) is 10.2. The lowest BCUT2D eigenvalue weighted by Gasteiger charge is -2.15. The molecule has 21 heavy (non-hydrogen) atoms. The van der Waals surface area contributed by atoms with E-state index in [0.717, 1.165) is 45.2 Å². The Hall–Kier alpha value is -1.30. The number of fused-ring (bicyclic) bond motifs is 2. The zero-order chi connectivity index (χ0) is 14.4. The van der Waals surface area contributed by atoms with Crippen molar-refractivity contribution in [3.63, 3.8) is 0 Å². The highest BCUT2D eigenvalue weighted by molar-refractivity contribution is 9.10. The number of aromatic nitrogens is 2. The van der Waals surface area contributed by atoms with E-state index in [4.69, 9.17) is 10.7 Å². The first-order valence-corrected chi connectivity index (χ1v) is 8.64. The van der Waals surface area contributed by atoms with Gasteiger partial charge >= 0.3 is 0 Å². The van der Waals surface area contributed by atoms with Crippen LogP contribution in [0.2, 0.25) is 0 Å². The molecule has 4 rings (SSSR count). The second-order valence-corrected chi connectivity index (χ2v) is 7.21. The lowest BCUT2D eigenvalue weighted by molar-refractivity contribution is 0.573. The van der Waals surface area contributed by atoms with Crippen LogP contribution in [-0.4, -0.2) is 9.97 Å². The Morgan fingerprint density at radius 2 is 2.19 bits per heavy atom. The summed E-state index contributed by atoms with van der Waals surface area (Å²) in [5.74, 6) is 0. The van der Waals surface area contributed by atoms with Crippen LogP contribution in [0.1, 0.15) is 29.5 Å². The van der Waals surface area contributed by atoms with Gasteiger partial charge in [-0.3, -0.25) is 4.98 Å². The molecule has 1 atom stereocenters. The molecule has 2 N–H and O–H groups in total. The highest BCUT2D eigenvalue weighted by Crippen LogP contribution is 2.39. The van der Waals surface area contributed by atoms with Crippen LogP contribution in [0.25, 0.3) is 21.5 Å². The van der Waals surface area contributed by atoms with Crippen LogP contribution in [0, 0.1) is 0 Å². The average molecular weight is 360 g/mol. The largest absolute Gasteiger partial charge is 0.323 e. The number of nitrogens with two attached hydrogens (primary N) is 1. The number of benzene rings is 1. The molecule has 3 nitrogen and oxygen atoms in total. The summed E-state index contributed by atoms with van der Waals surface area (Å²) in [5.41, 5.74) is 9.49. The zero-order valence-electron chi connectivity index (χ0n) is 11.3. The minimum Gasteiger partial charge on any atom is -0.323 e. The first kappa shape index (κ1) is 13.4. The van der Waals surface area contributed by atoms with Gasteiger partial charge in [0.15, 0.2) is 0 Å². The van der Waals surface area contributed by atoms with Crippen LogP contribution in [0.15, 0.2) is 34.9 Å². The third-order valence-corrected chi connectivity index (χ3v) is 5.89. The Kier molecular flexibility index (Phi) is 3.28. The minimum atomic E-state index is 0.148. The molecule has 2 aromatic heterocycles. The summed E-state index contributed by atoms with van der Waals surface area (Å²) in [7, 11) is 0. The molecule has 2 heterocycles. The fraction of sp³-hybridized carbons (Fsp3) is 0.250. The van der Waals surface area contributed by atoms with E-state index in [1.807, 2.05) is 12.3 Å². The van der Waals surface area contributed by atoms with Gasteiger partial charge in [-0.05, 0) is 37.5 Å². The van der Waals surface area contributed by atoms with Crippen LogP contribution in [-0.2, 0) is 6.42 Å². The Morgan fingerprint density at radius 1 is 1.29 bits per heavy atom. The maximum atomic E-state index is 6.22. The van der Waals surface area contributed by atoms with Gasteiger partial charge in [-0.15, -0.1) is 11.3 Å². The summed E-state index contributed by atoms with van der Waals surface area (Å²) in [4.78, 5) is 10.6. The molecule has 0 spiro atoms. The molecule has 0 radical (unpaired) electrons. The number of rotatable bonds is 1. The molecular weight excluding hydrogens is 346 g/mol. The van der Waals surface area contributed by atoms with Crippen molar-refractivity contribution in [3.05, 3.63) is 45.5 Å². The first-order valence-electron chi connectivity index (χ1n) is 7.03. The van der Waals surface area contributed by atoms with Gasteiger partial charge in [-0.2, -0.15) is 0 Å². The van der Waals surface area contributed by atoms with Crippen molar-refractivity contribution >= 4 is 38.2 Å². The quantitative estimate of drug-likeness (QED) is 0.697. The monoisotopic (exact) mass is 359 g/mol. The van der Waals surface area contributed by atoms with Gasteiger partial charge in [-0.25, -0.2) is 4.98 Å². The van der Waals surface area contributed by atoms with Gasteiger partial charge in [0.1, 0.15) is 5.01 Å². The molecule has 0 bridgehead atoms. The summed E-state index contributed by atoms with van der Waals surface area (Å²) in [6.07, 6.45) is 5.07. The highest BCUT2D eigenvalue weighted by Gasteiger charge is 2.23. The van der Waals surface area contributed by atoms with Gasteiger partial charge in [0.2, 0.25) is 0 Å². The molecule has 106 valence electrons. The molecule has 5 heteroatoms. The molecule has 0 fully saturated rings. The number of hydrogen-bond donors (Lipinski definition) is 1. The van der Waals surface area contributed by atoms with Gasteiger partial charge in [0, 0.05) is 32.5 Å². The Morgan fingerprint density at radius 3 is 3.05 bits per heavy atom. The molecule has 1 unspecified atom stereocenters. The molecule has 1 aliphatic carbocycles. The lowest BCUT2D eigenvalue weighted by atomic mass is 9.99. The summed E-state index contributed by atoms with van der Waals surface area (Å²) >= 11 is 5.32. The second-order valence-electron chi connectivity index (χ2n) is 5.32. The van der Waals surface area contributed by atoms with E-state index < -0.39 is 0 Å². The Labute approximate surface area is 135 Å². The van der Waals surface area contributed by atoms with Gasteiger partial charge in [0.25, 0.3) is 0 Å². The van der Waals surface area contributed by atoms with Crippen molar-refractivity contribution in [2.75, 3.05) is 0 Å². The van der Waals surface area contributed by atoms with E-state index >= 15 is 0 Å². The van der Waals surface area contributed by atoms with E-state index in [1.165, 1.54) is 10.6 Å². The zero-order valence-corrected chi connectivity index (χ0v) is 13.7. The predicted molar refractivity (Wildman–Crippen MR) is 90.4 cm³/mol. The van der Waals surface area contributed by atoms with Crippen molar-refractivity contribution in [3.8, 4) is 10.6 Å². The number of thiazole rings is 1. The van der Waals surface area contributed by atoms with Crippen molar-refractivity contribution in [2.24, 2.45) is 5.73 Å². The van der Waals surface area contributed by atoms with Gasteiger partial charge < -0.3 is 5.73 Å². The van der Waals surface area contributed by atoms with Crippen LogP contribution >= 0.6 is 27.3 Å². The number of pyridine rings is 1. The predicted octanol–water partition coefficient (Wildman–Crippen LogP) is 4.46. The number of aryl methyl sites for hydroxylation is 1. The average Bonchev–Trinajstić information content (AvgIpc) is 2.93. The van der Waals surface area contributed by atoms with E-state index in [-0.39, 0.29) is 6.04 Å². The molecular formula is C16H14BrN3S. The Bertz CT molecular complexity index is 828. The molecule has 1 aliphatic rings. The molecule has 0 saturated carbocycles. The van der Waals surface area contributed by atoms with Crippen molar-refractivity contribution in [1.29, 1.82) is 0 Å². The SMILES string of the molecule is NC1CCCc2nc(-c3ccc(Br)c4cccnc34)sc21. The van der Waals surface area contributed by atoms with E-state index in [0.29, 0.717) is 0 Å². The topological polar surface area (TPSA) is 51.8 Å². The third kappa shape index (κ3) is 2.20. The number of nitrogens with zero attached hydrogens (tertiary/aromatic N) is 2. The summed E-state index contributed by atoms with van der Waals surface area (Å²) in [6.45, 7) is 0. The van der Waals surface area contributed by atoms with E-state index in [1.54, 1.807) is 11.3 Å². The lowest BCUT2D eigenvalue weighted by Crippen LogP contribution is -2.15. The molecule has 3 aromatic rings. The van der Waals surface area contributed by atoms with E-state index in [9.17, 15) is 0 Å². The third-order valence-electron chi connectivity index (χ3n) is 3.94. The molecule has 0 aliphatic heterocycles. The molecule has 0 saturated heterocycles. The Balaban J connectivity index is 1.93. The second kappa shape index (κ2) is 5.16. The molecule has 0 amide bonds. The summed E-state index contributed by atoms with van der Waals surface area (Å²) in [6, 6.07) is 8.35. The smallest absolute Gasteiger partial charge is 0.126 e. The fourth-order valence-electron chi connectivity index (χ4n) is 2.88. The maximum absolute atomic E-state index is 6.22. The molecule has 1 aromatic carbocycles. The standard InChI is InChI=1S/C16H14BrN3S/c17-11-7-6-10(14-9(11)3-2-8-19-14)16-20-13-5-1-4-12(18)15(13)21-16/h2-3,6-8,12H,1,4-5,18H2. The van der Waals surface area contributed by atoms with Crippen molar-refractivity contribution < 1.29 is 0 Å². The van der Waals surface area contributed by atoms with Crippen LogP contribution in [0.3, 0.4) is 0 Å². The summed E-state index contributed by atoms with van der Waals surface area (Å²) in [5, 5.41) is 2.15. The van der Waals surface area contributed by atoms with Gasteiger partial charge in [0.05, 0.1) is 11.2 Å². The van der Waals surface area contributed by atoms with Crippen molar-refractivity contribution in [2.45, 2.75) is 25.3 Å². The van der Waals surface area contributed by atoms with E-state index in [2.05, 4.69) is 39.1 Å². The maximum Gasteiger partial charge on any atom is 0.126 e. The van der Waals surface area contributed by atoms with Gasteiger partial charge in [-0.1, -0.05) is 22.0 Å². The van der Waals surface area contributed by atoms with Crippen LogP contribution < -0.4 is 5.73 Å².